The molecule has 1 unspecified atom stereocenters. The van der Waals surface area contributed by atoms with Gasteiger partial charge in [-0.1, -0.05) is 89.1 Å². The van der Waals surface area contributed by atoms with Crippen LogP contribution < -0.4 is 5.32 Å². The fraction of sp³-hybridized carbons (Fsp3) is 0.207. The van der Waals surface area contributed by atoms with E-state index in [2.05, 4.69) is 23.5 Å². The highest BCUT2D eigenvalue weighted by Crippen LogP contribution is 2.38. The number of allylic oxidation sites excluding steroid dienone is 1. The molecule has 176 valence electrons. The minimum atomic E-state index is -0.400. The Morgan fingerprint density at radius 2 is 1.54 bits per heavy atom. The number of benzene rings is 3. The maximum absolute atomic E-state index is 13.3. The predicted octanol–water partition coefficient (Wildman–Crippen LogP) is 6.36. The van der Waals surface area contributed by atoms with Gasteiger partial charge in [-0.3, -0.25) is 4.90 Å². The van der Waals surface area contributed by atoms with Crippen molar-refractivity contribution in [1.82, 2.24) is 20.4 Å². The Morgan fingerprint density at radius 1 is 0.886 bits per heavy atom. The molecule has 1 aliphatic heterocycles. The molecule has 4 aromatic rings. The first-order chi connectivity index (χ1) is 16.9. The number of nitrogens with one attached hydrogen (secondary N) is 1. The van der Waals surface area contributed by atoms with Crippen LogP contribution in [0.2, 0.25) is 0 Å². The molecule has 0 saturated carbocycles. The molecule has 3 aromatic carbocycles. The zero-order chi connectivity index (χ0) is 24.5. The van der Waals surface area contributed by atoms with Crippen LogP contribution in [0.1, 0.15) is 46.7 Å². The Balaban J connectivity index is 1.60. The van der Waals surface area contributed by atoms with Gasteiger partial charge in [-0.2, -0.15) is 4.98 Å². The molecule has 5 rings (SSSR count). The van der Waals surface area contributed by atoms with Crippen molar-refractivity contribution in [3.05, 3.63) is 112 Å². The summed E-state index contributed by atoms with van der Waals surface area (Å²) < 4.78 is 5.80. The minimum Gasteiger partial charge on any atom is -0.334 e. The van der Waals surface area contributed by atoms with Gasteiger partial charge in [0.25, 0.3) is 5.89 Å². The van der Waals surface area contributed by atoms with E-state index in [4.69, 9.17) is 9.51 Å². The number of urea groups is 1. The Labute approximate surface area is 205 Å². The quantitative estimate of drug-likeness (QED) is 0.373. The lowest BCUT2D eigenvalue weighted by Crippen LogP contribution is -2.45. The van der Waals surface area contributed by atoms with Gasteiger partial charge in [-0.25, -0.2) is 4.79 Å². The van der Waals surface area contributed by atoms with Crippen molar-refractivity contribution in [3.8, 4) is 11.4 Å². The van der Waals surface area contributed by atoms with Crippen LogP contribution in [0.3, 0.4) is 0 Å². The third-order valence-electron chi connectivity index (χ3n) is 6.56. The van der Waals surface area contributed by atoms with Crippen LogP contribution in [0.25, 0.3) is 17.0 Å². The molecule has 1 aliphatic rings. The topological polar surface area (TPSA) is 71.3 Å². The Morgan fingerprint density at radius 3 is 2.23 bits per heavy atom. The van der Waals surface area contributed by atoms with Crippen LogP contribution in [-0.4, -0.2) is 21.1 Å². The number of hydrogen-bond donors (Lipinski definition) is 1. The highest BCUT2D eigenvalue weighted by molar-refractivity contribution is 5.87. The Kier molecular flexibility index (Phi) is 5.95. The van der Waals surface area contributed by atoms with Crippen molar-refractivity contribution in [3.63, 3.8) is 0 Å². The van der Waals surface area contributed by atoms with Crippen LogP contribution in [0.4, 0.5) is 4.79 Å². The van der Waals surface area contributed by atoms with E-state index in [1.807, 2.05) is 87.5 Å². The third-order valence-corrected chi connectivity index (χ3v) is 6.56. The lowest BCUT2D eigenvalue weighted by Gasteiger charge is -2.35. The summed E-state index contributed by atoms with van der Waals surface area (Å²) >= 11 is 0. The summed E-state index contributed by atoms with van der Waals surface area (Å²) in [5, 5.41) is 7.44. The molecule has 0 saturated heterocycles. The minimum absolute atomic E-state index is 0.154. The molecule has 0 fully saturated rings. The first kappa shape index (κ1) is 22.6. The maximum atomic E-state index is 13.3. The van der Waals surface area contributed by atoms with Crippen molar-refractivity contribution >= 4 is 11.6 Å². The standard InChI is InChI=1S/C29H28N4O2/c1-18-9-13-22(14-10-18)26-25(28-31-27(32-35-28)23-15-11-19(2)12-16-23)21(4)33(29(34)30-26)17-24-8-6-5-7-20(24)3/h5-16,26H,17H2,1-4H3,(H,30,34). The van der Waals surface area contributed by atoms with Crippen molar-refractivity contribution in [2.45, 2.75) is 40.3 Å². The van der Waals surface area contributed by atoms with Crippen LogP contribution in [-0.2, 0) is 6.54 Å². The number of aryl methyl sites for hydroxylation is 3. The summed E-state index contributed by atoms with van der Waals surface area (Å²) in [4.78, 5) is 19.8. The molecular weight excluding hydrogens is 436 g/mol. The molecule has 1 atom stereocenters. The van der Waals surface area contributed by atoms with Gasteiger partial charge in [-0.05, 0) is 44.4 Å². The van der Waals surface area contributed by atoms with Crippen molar-refractivity contribution in [1.29, 1.82) is 0 Å². The van der Waals surface area contributed by atoms with Gasteiger partial charge in [0, 0.05) is 11.3 Å². The van der Waals surface area contributed by atoms with Gasteiger partial charge in [0.1, 0.15) is 0 Å². The number of carbonyl (C=O) groups is 1. The highest BCUT2D eigenvalue weighted by atomic mass is 16.5. The molecule has 35 heavy (non-hydrogen) atoms. The Bertz CT molecular complexity index is 1400. The van der Waals surface area contributed by atoms with Crippen LogP contribution in [0, 0.1) is 20.8 Å². The van der Waals surface area contributed by atoms with E-state index in [-0.39, 0.29) is 6.03 Å². The van der Waals surface area contributed by atoms with E-state index in [0.29, 0.717) is 18.3 Å². The molecule has 6 heteroatoms. The molecular formula is C29H28N4O2. The maximum Gasteiger partial charge on any atom is 0.322 e. The number of aromatic nitrogens is 2. The second-order valence-electron chi connectivity index (χ2n) is 9.09. The first-order valence-corrected chi connectivity index (χ1v) is 11.7. The van der Waals surface area contributed by atoms with Crippen LogP contribution in [0.5, 0.6) is 0 Å². The Hall–Kier alpha value is -4.19. The molecule has 2 amide bonds. The zero-order valence-corrected chi connectivity index (χ0v) is 20.4. The molecule has 1 N–H and O–H groups in total. The molecule has 1 aromatic heterocycles. The van der Waals surface area contributed by atoms with Gasteiger partial charge in [-0.15, -0.1) is 0 Å². The smallest absolute Gasteiger partial charge is 0.322 e. The summed E-state index contributed by atoms with van der Waals surface area (Å²) in [6.45, 7) is 8.54. The lowest BCUT2D eigenvalue weighted by atomic mass is 9.93. The van der Waals surface area contributed by atoms with E-state index in [1.165, 1.54) is 0 Å². The fourth-order valence-corrected chi connectivity index (χ4v) is 4.37. The monoisotopic (exact) mass is 464 g/mol. The molecule has 2 heterocycles. The van der Waals surface area contributed by atoms with Gasteiger partial charge >= 0.3 is 6.03 Å². The van der Waals surface area contributed by atoms with Gasteiger partial charge < -0.3 is 9.84 Å². The summed E-state index contributed by atoms with van der Waals surface area (Å²) in [6, 6.07) is 23.7. The largest absolute Gasteiger partial charge is 0.334 e. The second kappa shape index (κ2) is 9.22. The zero-order valence-electron chi connectivity index (χ0n) is 20.4. The summed E-state index contributed by atoms with van der Waals surface area (Å²) in [5.74, 6) is 0.920. The first-order valence-electron chi connectivity index (χ1n) is 11.7. The number of rotatable bonds is 5. The van der Waals surface area contributed by atoms with Gasteiger partial charge in [0.2, 0.25) is 5.82 Å². The summed E-state index contributed by atoms with van der Waals surface area (Å²) in [5.41, 5.74) is 7.97. The second-order valence-corrected chi connectivity index (χ2v) is 9.09. The molecule has 0 aliphatic carbocycles. The average Bonchev–Trinajstić information content (AvgIpc) is 3.33. The van der Waals surface area contributed by atoms with Crippen molar-refractivity contribution in [2.24, 2.45) is 0 Å². The van der Waals surface area contributed by atoms with E-state index in [1.54, 1.807) is 4.90 Å². The number of carbonyl (C=O) groups excluding carboxylic acids is 1. The molecule has 0 radical (unpaired) electrons. The van der Waals surface area contributed by atoms with E-state index < -0.39 is 6.04 Å². The van der Waals surface area contributed by atoms with E-state index >= 15 is 0 Å². The number of nitrogens with zero attached hydrogens (tertiary/aromatic N) is 3. The predicted molar refractivity (Wildman–Crippen MR) is 136 cm³/mol. The number of amides is 2. The lowest BCUT2D eigenvalue weighted by molar-refractivity contribution is 0.203. The highest BCUT2D eigenvalue weighted by Gasteiger charge is 2.35. The summed E-state index contributed by atoms with van der Waals surface area (Å²) in [6.07, 6.45) is 0. The average molecular weight is 465 g/mol. The summed E-state index contributed by atoms with van der Waals surface area (Å²) in [7, 11) is 0. The van der Waals surface area contributed by atoms with E-state index in [9.17, 15) is 4.79 Å². The van der Waals surface area contributed by atoms with Crippen LogP contribution in [0.15, 0.2) is 83.0 Å². The van der Waals surface area contributed by atoms with Crippen LogP contribution >= 0.6 is 0 Å². The normalized spacial score (nSPS) is 15.9. The fourth-order valence-electron chi connectivity index (χ4n) is 4.37. The molecule has 0 spiro atoms. The number of hydrogen-bond acceptors (Lipinski definition) is 4. The third kappa shape index (κ3) is 4.47. The van der Waals surface area contributed by atoms with Gasteiger partial charge in [0.05, 0.1) is 18.2 Å². The van der Waals surface area contributed by atoms with Gasteiger partial charge in [0.15, 0.2) is 0 Å². The van der Waals surface area contributed by atoms with E-state index in [0.717, 1.165) is 44.7 Å². The molecule has 6 nitrogen and oxygen atoms in total. The molecule has 0 bridgehead atoms. The van der Waals surface area contributed by atoms with Crippen molar-refractivity contribution < 1.29 is 9.32 Å². The SMILES string of the molecule is CC1=C(c2nc(-c3ccc(C)cc3)no2)C(c2ccc(C)cc2)NC(=O)N1Cc1ccccc1C. The van der Waals surface area contributed by atoms with Crippen molar-refractivity contribution in [2.75, 3.05) is 0 Å².